The summed E-state index contributed by atoms with van der Waals surface area (Å²) in [6.45, 7) is 2.68. The lowest BCUT2D eigenvalue weighted by Gasteiger charge is -2.46. The van der Waals surface area contributed by atoms with Crippen molar-refractivity contribution < 1.29 is 14.6 Å². The van der Waals surface area contributed by atoms with Gasteiger partial charge >= 0.3 is 0 Å². The first-order valence-electron chi connectivity index (χ1n) is 9.27. The molecule has 0 aliphatic carbocycles. The van der Waals surface area contributed by atoms with Gasteiger partial charge in [-0.25, -0.2) is 0 Å². The van der Waals surface area contributed by atoms with E-state index in [4.69, 9.17) is 4.74 Å². The Bertz CT molecular complexity index is 521. The van der Waals surface area contributed by atoms with E-state index in [-0.39, 0.29) is 18.1 Å². The molecule has 2 aliphatic heterocycles. The summed E-state index contributed by atoms with van der Waals surface area (Å²) < 4.78 is 6.12. The molecule has 132 valence electrons. The first-order valence-corrected chi connectivity index (χ1v) is 9.27. The van der Waals surface area contributed by atoms with Gasteiger partial charge in [0.2, 0.25) is 5.91 Å². The Kier molecular flexibility index (Phi) is 5.90. The van der Waals surface area contributed by atoms with Crippen LogP contribution >= 0.6 is 0 Å². The van der Waals surface area contributed by atoms with E-state index in [2.05, 4.69) is 12.1 Å². The molecule has 0 saturated carbocycles. The van der Waals surface area contributed by atoms with Crippen LogP contribution in [0.15, 0.2) is 30.3 Å². The van der Waals surface area contributed by atoms with Crippen LogP contribution in [0.2, 0.25) is 0 Å². The molecular formula is C20H29NO3. The number of piperidine rings is 1. The number of benzene rings is 1. The Morgan fingerprint density at radius 2 is 2.00 bits per heavy atom. The minimum Gasteiger partial charge on any atom is -0.396 e. The number of hydrogen-bond acceptors (Lipinski definition) is 3. The molecule has 24 heavy (non-hydrogen) atoms. The van der Waals surface area contributed by atoms with E-state index >= 15 is 0 Å². The van der Waals surface area contributed by atoms with Crippen molar-refractivity contribution in [2.24, 2.45) is 5.92 Å². The number of rotatable bonds is 5. The fraction of sp³-hybridized carbons (Fsp3) is 0.650. The van der Waals surface area contributed by atoms with Gasteiger partial charge in [-0.2, -0.15) is 0 Å². The summed E-state index contributed by atoms with van der Waals surface area (Å²) in [4.78, 5) is 14.5. The van der Waals surface area contributed by atoms with Crippen molar-refractivity contribution in [3.05, 3.63) is 35.9 Å². The van der Waals surface area contributed by atoms with Crippen LogP contribution in [0.3, 0.4) is 0 Å². The number of likely N-dealkylation sites (tertiary alicyclic amines) is 1. The summed E-state index contributed by atoms with van der Waals surface area (Å²) in [5, 5.41) is 9.18. The topological polar surface area (TPSA) is 49.8 Å². The van der Waals surface area contributed by atoms with Crippen LogP contribution < -0.4 is 0 Å². The minimum atomic E-state index is -0.0473. The van der Waals surface area contributed by atoms with Crippen LogP contribution in [0.5, 0.6) is 0 Å². The lowest BCUT2D eigenvalue weighted by molar-refractivity contribution is -0.147. The standard InChI is InChI=1S/C20H29NO3/c22-14-8-18-9-15-24-20(16-18)10-12-21(13-11-20)19(23)7-6-17-4-2-1-3-5-17/h1-5,18,22H,6-16H2. The van der Waals surface area contributed by atoms with Crippen LogP contribution in [0.4, 0.5) is 0 Å². The van der Waals surface area contributed by atoms with Gasteiger partial charge in [0.25, 0.3) is 0 Å². The number of carbonyl (C=O) groups excluding carboxylic acids is 1. The van der Waals surface area contributed by atoms with Crippen molar-refractivity contribution in [3.8, 4) is 0 Å². The van der Waals surface area contributed by atoms with Crippen molar-refractivity contribution in [2.75, 3.05) is 26.3 Å². The summed E-state index contributed by atoms with van der Waals surface area (Å²) in [7, 11) is 0. The van der Waals surface area contributed by atoms with Gasteiger partial charge in [0.15, 0.2) is 0 Å². The molecule has 1 N–H and O–H groups in total. The van der Waals surface area contributed by atoms with E-state index in [1.54, 1.807) is 0 Å². The molecule has 3 rings (SSSR count). The molecule has 0 aromatic heterocycles. The molecule has 1 aromatic carbocycles. The smallest absolute Gasteiger partial charge is 0.222 e. The van der Waals surface area contributed by atoms with Crippen LogP contribution in [0, 0.1) is 5.92 Å². The van der Waals surface area contributed by atoms with E-state index in [0.717, 1.165) is 58.2 Å². The number of amides is 1. The molecule has 1 amide bonds. The van der Waals surface area contributed by atoms with Crippen molar-refractivity contribution in [3.63, 3.8) is 0 Å². The van der Waals surface area contributed by atoms with Crippen molar-refractivity contribution in [1.82, 2.24) is 4.90 Å². The molecule has 2 heterocycles. The first-order chi connectivity index (χ1) is 11.7. The number of aliphatic hydroxyl groups is 1. The van der Waals surface area contributed by atoms with Gasteiger partial charge in [0.05, 0.1) is 5.60 Å². The van der Waals surface area contributed by atoms with Crippen molar-refractivity contribution >= 4 is 5.91 Å². The van der Waals surface area contributed by atoms with Crippen LogP contribution in [0.25, 0.3) is 0 Å². The summed E-state index contributed by atoms with van der Waals surface area (Å²) >= 11 is 0. The van der Waals surface area contributed by atoms with Crippen LogP contribution in [-0.4, -0.2) is 47.8 Å². The Labute approximate surface area is 144 Å². The Morgan fingerprint density at radius 3 is 2.71 bits per heavy atom. The van der Waals surface area contributed by atoms with Gasteiger partial charge < -0.3 is 14.7 Å². The molecule has 2 saturated heterocycles. The highest BCUT2D eigenvalue weighted by atomic mass is 16.5. The Hall–Kier alpha value is -1.39. The Balaban J connectivity index is 1.46. The zero-order chi connectivity index (χ0) is 16.8. The fourth-order valence-corrected chi connectivity index (χ4v) is 4.12. The minimum absolute atomic E-state index is 0.0473. The molecule has 1 unspecified atom stereocenters. The number of carbonyl (C=O) groups is 1. The molecule has 4 nitrogen and oxygen atoms in total. The van der Waals surface area contributed by atoms with Crippen LogP contribution in [0.1, 0.15) is 44.1 Å². The third-order valence-electron chi connectivity index (χ3n) is 5.63. The number of aryl methyl sites for hydroxylation is 1. The summed E-state index contributed by atoms with van der Waals surface area (Å²) in [5.41, 5.74) is 1.18. The maximum absolute atomic E-state index is 12.5. The van der Waals surface area contributed by atoms with E-state index in [1.807, 2.05) is 23.1 Å². The normalized spacial score (nSPS) is 23.4. The Morgan fingerprint density at radius 1 is 1.25 bits per heavy atom. The number of nitrogens with zero attached hydrogens (tertiary/aromatic N) is 1. The molecule has 0 bridgehead atoms. The second-order valence-corrected chi connectivity index (χ2v) is 7.27. The molecule has 1 spiro atoms. The molecule has 2 fully saturated rings. The predicted octanol–water partition coefficient (Wildman–Crippen LogP) is 2.79. The van der Waals surface area contributed by atoms with E-state index in [0.29, 0.717) is 12.3 Å². The predicted molar refractivity (Wildman–Crippen MR) is 93.7 cm³/mol. The van der Waals surface area contributed by atoms with Gasteiger partial charge in [-0.15, -0.1) is 0 Å². The van der Waals surface area contributed by atoms with Gasteiger partial charge in [0.1, 0.15) is 0 Å². The second-order valence-electron chi connectivity index (χ2n) is 7.27. The van der Waals surface area contributed by atoms with E-state index in [9.17, 15) is 9.90 Å². The molecule has 1 atom stereocenters. The van der Waals surface area contributed by atoms with E-state index < -0.39 is 0 Å². The maximum atomic E-state index is 12.5. The molecule has 1 aromatic rings. The number of aliphatic hydroxyl groups excluding tert-OH is 1. The highest BCUT2D eigenvalue weighted by molar-refractivity contribution is 5.76. The summed E-state index contributed by atoms with van der Waals surface area (Å²) in [6, 6.07) is 10.2. The van der Waals surface area contributed by atoms with Gasteiger partial charge in [-0.3, -0.25) is 4.79 Å². The van der Waals surface area contributed by atoms with E-state index in [1.165, 1.54) is 5.56 Å². The molecule has 4 heteroatoms. The van der Waals surface area contributed by atoms with Crippen molar-refractivity contribution in [1.29, 1.82) is 0 Å². The lowest BCUT2D eigenvalue weighted by atomic mass is 9.78. The average molecular weight is 331 g/mol. The quantitative estimate of drug-likeness (QED) is 0.902. The van der Waals surface area contributed by atoms with Gasteiger partial charge in [-0.1, -0.05) is 30.3 Å². The largest absolute Gasteiger partial charge is 0.396 e. The third kappa shape index (κ3) is 4.37. The second kappa shape index (κ2) is 8.13. The first kappa shape index (κ1) is 17.4. The zero-order valence-corrected chi connectivity index (χ0v) is 14.5. The average Bonchev–Trinajstić information content (AvgIpc) is 2.62. The van der Waals surface area contributed by atoms with Crippen LogP contribution in [-0.2, 0) is 16.0 Å². The summed E-state index contributed by atoms with van der Waals surface area (Å²) in [6.07, 6.45) is 6.26. The van der Waals surface area contributed by atoms with Gasteiger partial charge in [0, 0.05) is 32.7 Å². The number of ether oxygens (including phenoxy) is 1. The third-order valence-corrected chi connectivity index (χ3v) is 5.63. The van der Waals surface area contributed by atoms with Gasteiger partial charge in [-0.05, 0) is 50.0 Å². The zero-order valence-electron chi connectivity index (χ0n) is 14.5. The van der Waals surface area contributed by atoms with Crippen molar-refractivity contribution in [2.45, 2.75) is 50.5 Å². The maximum Gasteiger partial charge on any atom is 0.222 e. The molecule has 0 radical (unpaired) electrons. The molecule has 2 aliphatic rings. The number of hydrogen-bond donors (Lipinski definition) is 1. The molecular weight excluding hydrogens is 302 g/mol. The monoisotopic (exact) mass is 331 g/mol. The SMILES string of the molecule is O=C(CCc1ccccc1)N1CCC2(CC1)CC(CCO)CCO2. The fourth-order valence-electron chi connectivity index (χ4n) is 4.12. The summed E-state index contributed by atoms with van der Waals surface area (Å²) in [5.74, 6) is 0.834. The highest BCUT2D eigenvalue weighted by Gasteiger charge is 2.40. The highest BCUT2D eigenvalue weighted by Crippen LogP contribution is 2.38. The lowest BCUT2D eigenvalue weighted by Crippen LogP contribution is -2.50.